The summed E-state index contributed by atoms with van der Waals surface area (Å²) in [6.45, 7) is 1.91. The van der Waals surface area contributed by atoms with Crippen molar-refractivity contribution in [1.29, 1.82) is 0 Å². The first-order chi connectivity index (χ1) is 9.06. The van der Waals surface area contributed by atoms with Crippen molar-refractivity contribution in [3.63, 3.8) is 0 Å². The minimum atomic E-state index is -0.789. The fourth-order valence-electron chi connectivity index (χ4n) is 2.06. The van der Waals surface area contributed by atoms with Gasteiger partial charge in [0.05, 0.1) is 6.42 Å². The van der Waals surface area contributed by atoms with Crippen molar-refractivity contribution in [3.05, 3.63) is 54.1 Å². The molecule has 3 nitrogen and oxygen atoms in total. The molecular formula is C16H16O3. The zero-order chi connectivity index (χ0) is 13.8. The number of phenolic OH excluding ortho intramolecular Hbond substituents is 1. The molecule has 0 bridgehead atoms. The summed E-state index contributed by atoms with van der Waals surface area (Å²) < 4.78 is 0. The molecule has 2 rings (SSSR count). The third kappa shape index (κ3) is 3.35. The molecule has 3 heteroatoms. The molecular weight excluding hydrogens is 240 g/mol. The van der Waals surface area contributed by atoms with Crippen LogP contribution in [0.2, 0.25) is 0 Å². The third-order valence-corrected chi connectivity index (χ3v) is 3.14. The van der Waals surface area contributed by atoms with Crippen LogP contribution in [0.5, 0.6) is 5.75 Å². The molecule has 1 atom stereocenters. The Morgan fingerprint density at radius 1 is 1.11 bits per heavy atom. The highest BCUT2D eigenvalue weighted by Gasteiger charge is 2.10. The van der Waals surface area contributed by atoms with Gasteiger partial charge in [-0.15, -0.1) is 0 Å². The molecule has 0 aromatic heterocycles. The summed E-state index contributed by atoms with van der Waals surface area (Å²) in [4.78, 5) is 10.7. The zero-order valence-electron chi connectivity index (χ0n) is 10.7. The number of aromatic hydroxyl groups is 1. The maximum atomic E-state index is 10.7. The molecule has 0 aliphatic rings. The molecule has 0 saturated carbocycles. The fourth-order valence-corrected chi connectivity index (χ4v) is 2.06. The molecule has 0 fully saturated rings. The van der Waals surface area contributed by atoms with Crippen molar-refractivity contribution in [2.45, 2.75) is 19.3 Å². The van der Waals surface area contributed by atoms with E-state index in [-0.39, 0.29) is 18.1 Å². The molecule has 0 amide bonds. The molecule has 0 aliphatic carbocycles. The van der Waals surface area contributed by atoms with Crippen LogP contribution in [-0.2, 0) is 4.79 Å². The second kappa shape index (κ2) is 5.57. The summed E-state index contributed by atoms with van der Waals surface area (Å²) in [7, 11) is 0. The Bertz CT molecular complexity index is 573. The van der Waals surface area contributed by atoms with Crippen LogP contribution in [0.25, 0.3) is 11.1 Å². The van der Waals surface area contributed by atoms with Crippen LogP contribution in [-0.4, -0.2) is 16.2 Å². The Labute approximate surface area is 112 Å². The van der Waals surface area contributed by atoms with Crippen molar-refractivity contribution in [3.8, 4) is 16.9 Å². The Hall–Kier alpha value is -2.29. The lowest BCUT2D eigenvalue weighted by molar-refractivity contribution is -0.137. The molecule has 0 spiro atoms. The minimum Gasteiger partial charge on any atom is -0.508 e. The van der Waals surface area contributed by atoms with Crippen molar-refractivity contribution in [2.75, 3.05) is 0 Å². The van der Waals surface area contributed by atoms with Crippen molar-refractivity contribution >= 4 is 5.97 Å². The van der Waals surface area contributed by atoms with Crippen molar-refractivity contribution in [1.82, 2.24) is 0 Å². The summed E-state index contributed by atoms with van der Waals surface area (Å²) in [5.74, 6) is -0.573. The largest absolute Gasteiger partial charge is 0.508 e. The lowest BCUT2D eigenvalue weighted by atomic mass is 9.94. The number of phenols is 1. The van der Waals surface area contributed by atoms with E-state index in [1.165, 1.54) is 0 Å². The average Bonchev–Trinajstić information content (AvgIpc) is 2.39. The molecule has 0 heterocycles. The van der Waals surface area contributed by atoms with E-state index in [4.69, 9.17) is 5.11 Å². The van der Waals surface area contributed by atoms with E-state index in [0.717, 1.165) is 16.7 Å². The second-order valence-electron chi connectivity index (χ2n) is 4.67. The van der Waals surface area contributed by atoms with Crippen LogP contribution in [0, 0.1) is 0 Å². The highest BCUT2D eigenvalue weighted by atomic mass is 16.4. The summed E-state index contributed by atoms with van der Waals surface area (Å²) in [6.07, 6.45) is 0.124. The highest BCUT2D eigenvalue weighted by molar-refractivity contribution is 5.69. The van der Waals surface area contributed by atoms with Gasteiger partial charge in [0.25, 0.3) is 0 Å². The first-order valence-electron chi connectivity index (χ1n) is 6.17. The van der Waals surface area contributed by atoms with Gasteiger partial charge >= 0.3 is 5.97 Å². The van der Waals surface area contributed by atoms with Gasteiger partial charge in [0.15, 0.2) is 0 Å². The zero-order valence-corrected chi connectivity index (χ0v) is 10.7. The van der Waals surface area contributed by atoms with Crippen LogP contribution < -0.4 is 0 Å². The lowest BCUT2D eigenvalue weighted by Gasteiger charge is -2.11. The molecule has 2 N–H and O–H groups in total. The van der Waals surface area contributed by atoms with Gasteiger partial charge < -0.3 is 10.2 Å². The highest BCUT2D eigenvalue weighted by Crippen LogP contribution is 2.26. The van der Waals surface area contributed by atoms with Gasteiger partial charge in [-0.1, -0.05) is 43.3 Å². The molecule has 2 aromatic rings. The first-order valence-corrected chi connectivity index (χ1v) is 6.17. The van der Waals surface area contributed by atoms with Crippen LogP contribution in [0.1, 0.15) is 24.8 Å². The average molecular weight is 256 g/mol. The van der Waals surface area contributed by atoms with Gasteiger partial charge in [-0.05, 0) is 34.7 Å². The van der Waals surface area contributed by atoms with Gasteiger partial charge in [0.2, 0.25) is 0 Å². The van der Waals surface area contributed by atoms with Crippen LogP contribution in [0.15, 0.2) is 48.5 Å². The van der Waals surface area contributed by atoms with E-state index in [1.54, 1.807) is 12.1 Å². The number of aliphatic carboxylic acids is 1. The van der Waals surface area contributed by atoms with E-state index < -0.39 is 5.97 Å². The van der Waals surface area contributed by atoms with Gasteiger partial charge in [0, 0.05) is 0 Å². The van der Waals surface area contributed by atoms with Crippen LogP contribution >= 0.6 is 0 Å². The number of benzene rings is 2. The number of carboxylic acids is 1. The monoisotopic (exact) mass is 256 g/mol. The Kier molecular flexibility index (Phi) is 3.85. The van der Waals surface area contributed by atoms with Gasteiger partial charge in [-0.3, -0.25) is 4.79 Å². The van der Waals surface area contributed by atoms with Crippen molar-refractivity contribution in [2.24, 2.45) is 0 Å². The standard InChI is InChI=1S/C16H16O3/c1-11(9-16(18)19)13-3-2-4-14(10-13)12-5-7-15(17)8-6-12/h2-8,10-11,17H,9H2,1H3,(H,18,19). The molecule has 1 unspecified atom stereocenters. The van der Waals surface area contributed by atoms with E-state index in [1.807, 2.05) is 43.3 Å². The summed E-state index contributed by atoms with van der Waals surface area (Å²) in [6, 6.07) is 14.8. The van der Waals surface area contributed by atoms with Gasteiger partial charge in [-0.2, -0.15) is 0 Å². The number of rotatable bonds is 4. The maximum Gasteiger partial charge on any atom is 0.303 e. The fraction of sp³-hybridized carbons (Fsp3) is 0.188. The topological polar surface area (TPSA) is 57.5 Å². The summed E-state index contributed by atoms with van der Waals surface area (Å²) >= 11 is 0. The minimum absolute atomic E-state index is 0.0189. The quantitative estimate of drug-likeness (QED) is 0.878. The third-order valence-electron chi connectivity index (χ3n) is 3.14. The van der Waals surface area contributed by atoms with E-state index in [2.05, 4.69) is 0 Å². The van der Waals surface area contributed by atoms with E-state index in [0.29, 0.717) is 0 Å². The Balaban J connectivity index is 2.28. The molecule has 98 valence electrons. The first kappa shape index (κ1) is 13.1. The smallest absolute Gasteiger partial charge is 0.303 e. The lowest BCUT2D eigenvalue weighted by Crippen LogP contribution is -2.02. The van der Waals surface area contributed by atoms with Gasteiger partial charge in [-0.25, -0.2) is 0 Å². The second-order valence-corrected chi connectivity index (χ2v) is 4.67. The molecule has 19 heavy (non-hydrogen) atoms. The van der Waals surface area contributed by atoms with Crippen LogP contribution in [0.3, 0.4) is 0 Å². The predicted molar refractivity (Wildman–Crippen MR) is 74.2 cm³/mol. The molecule has 2 aromatic carbocycles. The van der Waals surface area contributed by atoms with Gasteiger partial charge in [0.1, 0.15) is 5.75 Å². The maximum absolute atomic E-state index is 10.7. The van der Waals surface area contributed by atoms with Crippen LogP contribution in [0.4, 0.5) is 0 Å². The Morgan fingerprint density at radius 3 is 2.42 bits per heavy atom. The normalized spacial score (nSPS) is 12.1. The SMILES string of the molecule is CC(CC(=O)O)c1cccc(-c2ccc(O)cc2)c1. The Morgan fingerprint density at radius 2 is 1.79 bits per heavy atom. The number of hydrogen-bond donors (Lipinski definition) is 2. The number of carboxylic acid groups (broad SMARTS) is 1. The molecule has 0 radical (unpaired) electrons. The molecule has 0 aliphatic heterocycles. The number of hydrogen-bond acceptors (Lipinski definition) is 2. The predicted octanol–water partition coefficient (Wildman–Crippen LogP) is 3.64. The summed E-state index contributed by atoms with van der Waals surface area (Å²) in [5.41, 5.74) is 3.03. The summed E-state index contributed by atoms with van der Waals surface area (Å²) in [5, 5.41) is 18.1. The van der Waals surface area contributed by atoms with E-state index >= 15 is 0 Å². The number of carbonyl (C=O) groups is 1. The molecule has 0 saturated heterocycles. The van der Waals surface area contributed by atoms with E-state index in [9.17, 15) is 9.90 Å². The van der Waals surface area contributed by atoms with Crippen molar-refractivity contribution < 1.29 is 15.0 Å².